The third kappa shape index (κ3) is 3.87. The molecular formula is C13H16FIO4. The smallest absolute Gasteiger partial charge is 0.305 e. The largest absolute Gasteiger partial charge is 0.469 e. The van der Waals surface area contributed by atoms with Gasteiger partial charge in [0.15, 0.2) is 5.79 Å². The molecule has 0 saturated carbocycles. The first-order valence-electron chi connectivity index (χ1n) is 5.61. The zero-order chi connectivity index (χ0) is 14.5. The zero-order valence-electron chi connectivity index (χ0n) is 11.0. The van der Waals surface area contributed by atoms with Crippen LogP contribution in [0.5, 0.6) is 0 Å². The highest BCUT2D eigenvalue weighted by molar-refractivity contribution is 14.1. The van der Waals surface area contributed by atoms with Crippen molar-refractivity contribution < 1.29 is 23.4 Å². The number of esters is 1. The fourth-order valence-electron chi connectivity index (χ4n) is 1.80. The predicted octanol–water partition coefficient (Wildman–Crippen LogP) is 2.83. The summed E-state index contributed by atoms with van der Waals surface area (Å²) in [4.78, 5) is 11.2. The highest BCUT2D eigenvalue weighted by atomic mass is 127. The standard InChI is InChI=1S/C13H16FIO4/c1-17-12(16)6-7-13(18-2,19-3)10-8-9(15)4-5-11(10)14/h4-5,8H,6-7H2,1-3H3. The molecule has 0 radical (unpaired) electrons. The van der Waals surface area contributed by atoms with Crippen molar-refractivity contribution >= 4 is 28.6 Å². The number of methoxy groups -OCH3 is 3. The summed E-state index contributed by atoms with van der Waals surface area (Å²) in [5.74, 6) is -2.13. The van der Waals surface area contributed by atoms with Crippen LogP contribution in [-0.4, -0.2) is 27.3 Å². The predicted molar refractivity (Wildman–Crippen MR) is 76.1 cm³/mol. The van der Waals surface area contributed by atoms with Crippen LogP contribution in [0.25, 0.3) is 0 Å². The third-order valence-electron chi connectivity index (χ3n) is 2.88. The second-order valence-corrected chi connectivity index (χ2v) is 5.11. The third-order valence-corrected chi connectivity index (χ3v) is 3.56. The monoisotopic (exact) mass is 382 g/mol. The van der Waals surface area contributed by atoms with Crippen molar-refractivity contribution in [1.82, 2.24) is 0 Å². The Kier molecular flexibility index (Phi) is 6.15. The molecule has 6 heteroatoms. The lowest BCUT2D eigenvalue weighted by atomic mass is 9.99. The first kappa shape index (κ1) is 16.3. The molecular weight excluding hydrogens is 366 g/mol. The molecule has 0 aliphatic rings. The van der Waals surface area contributed by atoms with E-state index >= 15 is 0 Å². The Hall–Kier alpha value is -0.730. The van der Waals surface area contributed by atoms with Gasteiger partial charge in [0.25, 0.3) is 0 Å². The molecule has 0 saturated heterocycles. The van der Waals surface area contributed by atoms with Gasteiger partial charge in [-0.2, -0.15) is 0 Å². The van der Waals surface area contributed by atoms with Crippen LogP contribution in [0.4, 0.5) is 4.39 Å². The zero-order valence-corrected chi connectivity index (χ0v) is 13.2. The normalized spacial score (nSPS) is 11.4. The van der Waals surface area contributed by atoms with Gasteiger partial charge in [-0.25, -0.2) is 4.39 Å². The van der Waals surface area contributed by atoms with Crippen LogP contribution >= 0.6 is 22.6 Å². The molecule has 4 nitrogen and oxygen atoms in total. The van der Waals surface area contributed by atoms with Crippen LogP contribution in [0.15, 0.2) is 18.2 Å². The summed E-state index contributed by atoms with van der Waals surface area (Å²) >= 11 is 2.07. The Morgan fingerprint density at radius 1 is 1.32 bits per heavy atom. The molecule has 0 amide bonds. The quantitative estimate of drug-likeness (QED) is 0.431. The number of benzene rings is 1. The molecule has 0 aromatic heterocycles. The fourth-order valence-corrected chi connectivity index (χ4v) is 2.29. The van der Waals surface area contributed by atoms with E-state index < -0.39 is 17.6 Å². The van der Waals surface area contributed by atoms with E-state index in [0.29, 0.717) is 0 Å². The SMILES string of the molecule is COC(=O)CCC(OC)(OC)c1cc(I)ccc1F. The molecule has 0 unspecified atom stereocenters. The number of ether oxygens (including phenoxy) is 3. The summed E-state index contributed by atoms with van der Waals surface area (Å²) < 4.78 is 30.1. The van der Waals surface area contributed by atoms with E-state index in [-0.39, 0.29) is 18.4 Å². The van der Waals surface area contributed by atoms with Gasteiger partial charge in [-0.1, -0.05) is 0 Å². The van der Waals surface area contributed by atoms with Gasteiger partial charge in [0.05, 0.1) is 13.5 Å². The second kappa shape index (κ2) is 7.16. The number of hydrogen-bond donors (Lipinski definition) is 0. The maximum absolute atomic E-state index is 14.0. The van der Waals surface area contributed by atoms with Gasteiger partial charge in [-0.3, -0.25) is 4.79 Å². The molecule has 0 aliphatic carbocycles. The lowest BCUT2D eigenvalue weighted by Gasteiger charge is -2.31. The van der Waals surface area contributed by atoms with Crippen LogP contribution in [0.1, 0.15) is 18.4 Å². The summed E-state index contributed by atoms with van der Waals surface area (Å²) in [5, 5.41) is 0. The van der Waals surface area contributed by atoms with Crippen LogP contribution in [-0.2, 0) is 24.8 Å². The molecule has 19 heavy (non-hydrogen) atoms. The van der Waals surface area contributed by atoms with Crippen molar-refractivity contribution in [2.24, 2.45) is 0 Å². The van der Waals surface area contributed by atoms with Crippen molar-refractivity contribution in [1.29, 1.82) is 0 Å². The van der Waals surface area contributed by atoms with E-state index in [9.17, 15) is 9.18 Å². The Bertz CT molecular complexity index is 446. The molecule has 0 heterocycles. The van der Waals surface area contributed by atoms with Crippen molar-refractivity contribution in [2.45, 2.75) is 18.6 Å². The van der Waals surface area contributed by atoms with E-state index in [1.807, 2.05) is 0 Å². The van der Waals surface area contributed by atoms with E-state index in [2.05, 4.69) is 27.3 Å². The van der Waals surface area contributed by atoms with Crippen LogP contribution in [0.2, 0.25) is 0 Å². The van der Waals surface area contributed by atoms with E-state index in [0.717, 1.165) is 3.57 Å². The van der Waals surface area contributed by atoms with Crippen LogP contribution < -0.4 is 0 Å². The van der Waals surface area contributed by atoms with Crippen molar-refractivity contribution in [2.75, 3.05) is 21.3 Å². The van der Waals surface area contributed by atoms with Gasteiger partial charge in [-0.15, -0.1) is 0 Å². The van der Waals surface area contributed by atoms with E-state index in [1.165, 1.54) is 27.4 Å². The molecule has 0 spiro atoms. The summed E-state index contributed by atoms with van der Waals surface area (Å²) in [5.41, 5.74) is 0.272. The number of hydrogen-bond acceptors (Lipinski definition) is 4. The van der Waals surface area contributed by atoms with Gasteiger partial charge in [-0.05, 0) is 40.8 Å². The van der Waals surface area contributed by atoms with Gasteiger partial charge in [0, 0.05) is 29.8 Å². The molecule has 0 atom stereocenters. The summed E-state index contributed by atoms with van der Waals surface area (Å²) in [7, 11) is 4.13. The number of carbonyl (C=O) groups excluding carboxylic acids is 1. The average molecular weight is 382 g/mol. The molecule has 1 aromatic rings. The number of carbonyl (C=O) groups is 1. The number of rotatable bonds is 6. The lowest BCUT2D eigenvalue weighted by molar-refractivity contribution is -0.223. The molecule has 0 N–H and O–H groups in total. The highest BCUT2D eigenvalue weighted by Crippen LogP contribution is 2.34. The van der Waals surface area contributed by atoms with Crippen LogP contribution in [0, 0.1) is 9.39 Å². The highest BCUT2D eigenvalue weighted by Gasteiger charge is 2.35. The lowest BCUT2D eigenvalue weighted by Crippen LogP contribution is -2.33. The molecule has 0 bridgehead atoms. The molecule has 0 fully saturated rings. The van der Waals surface area contributed by atoms with Gasteiger partial charge in [0.2, 0.25) is 0 Å². The molecule has 0 aliphatic heterocycles. The van der Waals surface area contributed by atoms with Crippen LogP contribution in [0.3, 0.4) is 0 Å². The van der Waals surface area contributed by atoms with Crippen molar-refractivity contribution in [3.05, 3.63) is 33.1 Å². The minimum absolute atomic E-state index is 0.0725. The molecule has 1 aromatic carbocycles. The maximum Gasteiger partial charge on any atom is 0.305 e. The summed E-state index contributed by atoms with van der Waals surface area (Å²) in [6, 6.07) is 4.64. The fraction of sp³-hybridized carbons (Fsp3) is 0.462. The Balaban J connectivity index is 3.10. The minimum Gasteiger partial charge on any atom is -0.469 e. The van der Waals surface area contributed by atoms with Crippen molar-refractivity contribution in [3.63, 3.8) is 0 Å². The van der Waals surface area contributed by atoms with Gasteiger partial charge >= 0.3 is 5.97 Å². The minimum atomic E-state index is -1.29. The van der Waals surface area contributed by atoms with Crippen molar-refractivity contribution in [3.8, 4) is 0 Å². The average Bonchev–Trinajstić information content (AvgIpc) is 2.43. The topological polar surface area (TPSA) is 44.8 Å². The summed E-state index contributed by atoms with van der Waals surface area (Å²) in [6.45, 7) is 0. The molecule has 106 valence electrons. The Morgan fingerprint density at radius 2 is 1.95 bits per heavy atom. The van der Waals surface area contributed by atoms with Gasteiger partial charge < -0.3 is 14.2 Å². The maximum atomic E-state index is 14.0. The second-order valence-electron chi connectivity index (χ2n) is 3.86. The molecule has 1 rings (SSSR count). The summed E-state index contributed by atoms with van der Waals surface area (Å²) in [6.07, 6.45) is 0.243. The van der Waals surface area contributed by atoms with Gasteiger partial charge in [0.1, 0.15) is 5.82 Å². The number of halogens is 2. The van der Waals surface area contributed by atoms with E-state index in [1.54, 1.807) is 12.1 Å². The first-order valence-corrected chi connectivity index (χ1v) is 6.69. The Labute approximate surface area is 125 Å². The Morgan fingerprint density at radius 3 is 2.47 bits per heavy atom. The first-order chi connectivity index (χ1) is 8.99. The van der Waals surface area contributed by atoms with E-state index in [4.69, 9.17) is 9.47 Å².